The summed E-state index contributed by atoms with van der Waals surface area (Å²) in [5, 5.41) is 0.882. The highest BCUT2D eigenvalue weighted by Crippen LogP contribution is 2.32. The summed E-state index contributed by atoms with van der Waals surface area (Å²) in [6.45, 7) is 3.10. The number of benzene rings is 2. The molecule has 0 aliphatic heterocycles. The van der Waals surface area contributed by atoms with Crippen LogP contribution in [-0.4, -0.2) is 26.2 Å². The number of nitrogens with zero attached hydrogens (tertiary/aromatic N) is 2. The van der Waals surface area contributed by atoms with Gasteiger partial charge in [-0.15, -0.1) is 4.40 Å². The predicted octanol–water partition coefficient (Wildman–Crippen LogP) is 4.47. The van der Waals surface area contributed by atoms with Crippen LogP contribution in [0.4, 0.5) is 4.39 Å². The smallest absolute Gasteiger partial charge is 0.285 e. The lowest BCUT2D eigenvalue weighted by atomic mass is 10.3. The first-order chi connectivity index (χ1) is 12.8. The summed E-state index contributed by atoms with van der Waals surface area (Å²) in [4.78, 5) is 0.110. The highest BCUT2D eigenvalue weighted by atomic mass is 35.5. The van der Waals surface area contributed by atoms with Gasteiger partial charge in [0.1, 0.15) is 5.82 Å². The third kappa shape index (κ3) is 4.35. The number of thiazole rings is 1. The van der Waals surface area contributed by atoms with E-state index >= 15 is 0 Å². The lowest BCUT2D eigenvalue weighted by molar-refractivity contribution is 0.139. The number of sulfonamides is 1. The van der Waals surface area contributed by atoms with Gasteiger partial charge in [-0.25, -0.2) is 4.39 Å². The first-order valence-electron chi connectivity index (χ1n) is 7.95. The van der Waals surface area contributed by atoms with Crippen LogP contribution in [0.2, 0.25) is 10.0 Å². The fraction of sp³-hybridized carbons (Fsp3) is 0.235. The van der Waals surface area contributed by atoms with Crippen LogP contribution in [0.3, 0.4) is 0 Å². The van der Waals surface area contributed by atoms with E-state index in [1.54, 1.807) is 16.7 Å². The summed E-state index contributed by atoms with van der Waals surface area (Å²) >= 11 is 13.7. The maximum atomic E-state index is 13.1. The van der Waals surface area contributed by atoms with Gasteiger partial charge in [0.15, 0.2) is 0 Å². The molecule has 3 rings (SSSR count). The molecular weight excluding hydrogens is 434 g/mol. The number of aromatic nitrogens is 1. The molecule has 1 heterocycles. The Morgan fingerprint density at radius 2 is 1.81 bits per heavy atom. The normalized spacial score (nSPS) is 12.8. The molecule has 0 amide bonds. The topological polar surface area (TPSA) is 60.7 Å². The van der Waals surface area contributed by atoms with Gasteiger partial charge in [0.05, 0.1) is 31.8 Å². The molecule has 0 N–H and O–H groups in total. The van der Waals surface area contributed by atoms with Crippen molar-refractivity contribution in [2.24, 2.45) is 4.40 Å². The SMILES string of the molecule is CCOCCn1c(=NS(=O)(=O)c2ccc(F)cc2)sc2c(Cl)ccc(Cl)c21. The van der Waals surface area contributed by atoms with Crippen molar-refractivity contribution in [1.29, 1.82) is 0 Å². The standard InChI is InChI=1S/C17H15Cl2FN2O3S2/c1-2-25-10-9-22-15-13(18)7-8-14(19)16(15)26-17(22)21-27(23,24)12-5-3-11(20)4-6-12/h3-8H,2,9-10H2,1H3. The van der Waals surface area contributed by atoms with Crippen LogP contribution in [0.25, 0.3) is 10.2 Å². The number of hydrogen-bond donors (Lipinski definition) is 0. The summed E-state index contributed by atoms with van der Waals surface area (Å²) in [5.74, 6) is -0.527. The van der Waals surface area contributed by atoms with Crippen molar-refractivity contribution in [3.8, 4) is 0 Å². The van der Waals surface area contributed by atoms with E-state index in [0.29, 0.717) is 40.0 Å². The third-order valence-electron chi connectivity index (χ3n) is 3.70. The average Bonchev–Trinajstić information content (AvgIpc) is 2.98. The molecule has 1 aromatic heterocycles. The van der Waals surface area contributed by atoms with Gasteiger partial charge in [-0.2, -0.15) is 8.42 Å². The van der Waals surface area contributed by atoms with Gasteiger partial charge in [0.2, 0.25) is 4.80 Å². The lowest BCUT2D eigenvalue weighted by Crippen LogP contribution is -2.20. The molecule has 0 saturated heterocycles. The maximum Gasteiger partial charge on any atom is 0.285 e. The first kappa shape index (κ1) is 20.3. The molecule has 3 aromatic rings. The van der Waals surface area contributed by atoms with Gasteiger partial charge in [-0.05, 0) is 43.3 Å². The summed E-state index contributed by atoms with van der Waals surface area (Å²) in [6, 6.07) is 7.79. The van der Waals surface area contributed by atoms with Crippen LogP contribution in [0, 0.1) is 5.82 Å². The van der Waals surface area contributed by atoms with Crippen LogP contribution in [0.5, 0.6) is 0 Å². The van der Waals surface area contributed by atoms with Gasteiger partial charge in [0.25, 0.3) is 10.0 Å². The number of halogens is 3. The quantitative estimate of drug-likeness (QED) is 0.522. The molecule has 5 nitrogen and oxygen atoms in total. The summed E-state index contributed by atoms with van der Waals surface area (Å²) in [7, 11) is -4.04. The first-order valence-corrected chi connectivity index (χ1v) is 11.0. The van der Waals surface area contributed by atoms with Crippen LogP contribution in [0.15, 0.2) is 45.7 Å². The molecule has 0 spiro atoms. The second kappa shape index (κ2) is 8.28. The zero-order chi connectivity index (χ0) is 19.6. The highest BCUT2D eigenvalue weighted by Gasteiger charge is 2.17. The zero-order valence-corrected chi connectivity index (χ0v) is 17.3. The molecule has 0 bridgehead atoms. The van der Waals surface area contributed by atoms with Gasteiger partial charge in [0, 0.05) is 13.2 Å². The Hall–Kier alpha value is -1.45. The van der Waals surface area contributed by atoms with E-state index < -0.39 is 15.8 Å². The van der Waals surface area contributed by atoms with Crippen molar-refractivity contribution in [3.05, 3.63) is 57.1 Å². The number of fused-ring (bicyclic) bond motifs is 1. The predicted molar refractivity (Wildman–Crippen MR) is 105 cm³/mol. The van der Waals surface area contributed by atoms with E-state index in [4.69, 9.17) is 27.9 Å². The lowest BCUT2D eigenvalue weighted by Gasteiger charge is -2.07. The molecule has 144 valence electrons. The molecule has 0 aliphatic carbocycles. The Morgan fingerprint density at radius 1 is 1.15 bits per heavy atom. The Balaban J connectivity index is 2.21. The van der Waals surface area contributed by atoms with E-state index in [0.717, 1.165) is 23.5 Å². The largest absolute Gasteiger partial charge is 0.380 e. The van der Waals surface area contributed by atoms with Crippen molar-refractivity contribution >= 4 is 54.8 Å². The van der Waals surface area contributed by atoms with E-state index in [1.165, 1.54) is 12.1 Å². The van der Waals surface area contributed by atoms with Crippen molar-refractivity contribution in [3.63, 3.8) is 0 Å². The second-order valence-corrected chi connectivity index (χ2v) is 8.86. The van der Waals surface area contributed by atoms with E-state index in [1.807, 2.05) is 6.92 Å². The molecule has 27 heavy (non-hydrogen) atoms. The van der Waals surface area contributed by atoms with Gasteiger partial charge in [-0.3, -0.25) is 0 Å². The van der Waals surface area contributed by atoms with Crippen molar-refractivity contribution in [2.45, 2.75) is 18.4 Å². The molecule has 10 heteroatoms. The fourth-order valence-corrected chi connectivity index (χ4v) is 5.33. The number of hydrogen-bond acceptors (Lipinski definition) is 4. The summed E-state index contributed by atoms with van der Waals surface area (Å²) in [5.41, 5.74) is 0.599. The monoisotopic (exact) mass is 448 g/mol. The number of rotatable bonds is 6. The minimum Gasteiger partial charge on any atom is -0.380 e. The second-order valence-electron chi connectivity index (χ2n) is 5.46. The van der Waals surface area contributed by atoms with Gasteiger partial charge in [-0.1, -0.05) is 34.5 Å². The zero-order valence-electron chi connectivity index (χ0n) is 14.2. The molecule has 0 aliphatic rings. The van der Waals surface area contributed by atoms with Crippen LogP contribution >= 0.6 is 34.5 Å². The summed E-state index contributed by atoms with van der Waals surface area (Å²) in [6.07, 6.45) is 0. The van der Waals surface area contributed by atoms with Crippen LogP contribution in [-0.2, 0) is 21.3 Å². The Labute approximate surface area is 169 Å². The van der Waals surface area contributed by atoms with E-state index in [2.05, 4.69) is 4.40 Å². The molecule has 2 aromatic carbocycles. The molecule has 0 fully saturated rings. The van der Waals surface area contributed by atoms with Gasteiger partial charge < -0.3 is 9.30 Å². The molecule has 0 radical (unpaired) electrons. The van der Waals surface area contributed by atoms with Gasteiger partial charge >= 0.3 is 0 Å². The van der Waals surface area contributed by atoms with Crippen LogP contribution in [0.1, 0.15) is 6.92 Å². The van der Waals surface area contributed by atoms with E-state index in [9.17, 15) is 12.8 Å². The maximum absolute atomic E-state index is 13.1. The van der Waals surface area contributed by atoms with E-state index in [-0.39, 0.29) is 9.70 Å². The fourth-order valence-electron chi connectivity index (χ4n) is 2.45. The molecule has 0 atom stereocenters. The summed E-state index contributed by atoms with van der Waals surface area (Å²) < 4.78 is 50.0. The Morgan fingerprint density at radius 3 is 2.48 bits per heavy atom. The van der Waals surface area contributed by atoms with Crippen molar-refractivity contribution in [1.82, 2.24) is 4.57 Å². The highest BCUT2D eigenvalue weighted by molar-refractivity contribution is 7.90. The Kier molecular flexibility index (Phi) is 6.22. The molecule has 0 saturated carbocycles. The van der Waals surface area contributed by atoms with Crippen molar-refractivity contribution in [2.75, 3.05) is 13.2 Å². The minimum atomic E-state index is -4.04. The molecular formula is C17H15Cl2FN2O3S2. The third-order valence-corrected chi connectivity index (χ3v) is 6.94. The average molecular weight is 449 g/mol. The van der Waals surface area contributed by atoms with Crippen LogP contribution < -0.4 is 4.80 Å². The molecule has 0 unspecified atom stereocenters. The van der Waals surface area contributed by atoms with Crippen molar-refractivity contribution < 1.29 is 17.5 Å². The minimum absolute atomic E-state index is 0.102. The Bertz CT molecular complexity index is 1140. The number of ether oxygens (including phenoxy) is 1.